The minimum atomic E-state index is -0.383. The molecule has 2 amide bonds. The number of aryl methyl sites for hydroxylation is 1. The summed E-state index contributed by atoms with van der Waals surface area (Å²) in [6.07, 6.45) is 4.46. The summed E-state index contributed by atoms with van der Waals surface area (Å²) in [5, 5.41) is 4.19. The lowest BCUT2D eigenvalue weighted by Crippen LogP contribution is -2.42. The molecule has 0 unspecified atom stereocenters. The Labute approximate surface area is 135 Å². The molecule has 126 valence electrons. The van der Waals surface area contributed by atoms with E-state index in [4.69, 9.17) is 4.74 Å². The van der Waals surface area contributed by atoms with Crippen LogP contribution in [0.1, 0.15) is 12.0 Å². The second kappa shape index (κ2) is 6.99. The van der Waals surface area contributed by atoms with Gasteiger partial charge in [0.15, 0.2) is 0 Å². The van der Waals surface area contributed by atoms with Crippen LogP contribution in [-0.4, -0.2) is 82.4 Å². The third kappa shape index (κ3) is 4.01. The molecule has 0 spiro atoms. The van der Waals surface area contributed by atoms with Crippen molar-refractivity contribution in [2.75, 3.05) is 45.9 Å². The van der Waals surface area contributed by atoms with Gasteiger partial charge in [0.2, 0.25) is 5.91 Å². The number of ether oxygens (including phenoxy) is 1. The van der Waals surface area contributed by atoms with Crippen LogP contribution in [0.2, 0.25) is 0 Å². The molecule has 0 saturated carbocycles. The third-order valence-electron chi connectivity index (χ3n) is 4.28. The summed E-state index contributed by atoms with van der Waals surface area (Å²) in [4.78, 5) is 29.5. The molecule has 2 fully saturated rings. The second-order valence-corrected chi connectivity index (χ2v) is 6.07. The number of nitrogens with zero attached hydrogens (tertiary/aromatic N) is 5. The molecular formula is C15H23N5O3. The fourth-order valence-corrected chi connectivity index (χ4v) is 3.02. The van der Waals surface area contributed by atoms with Crippen molar-refractivity contribution < 1.29 is 14.3 Å². The predicted octanol–water partition coefficient (Wildman–Crippen LogP) is -0.0934. The normalized spacial score (nSPS) is 19.8. The van der Waals surface area contributed by atoms with Crippen molar-refractivity contribution in [3.8, 4) is 0 Å². The van der Waals surface area contributed by atoms with E-state index in [0.29, 0.717) is 19.7 Å². The van der Waals surface area contributed by atoms with Crippen molar-refractivity contribution >= 4 is 12.0 Å². The second-order valence-electron chi connectivity index (χ2n) is 6.07. The minimum Gasteiger partial charge on any atom is -0.448 e. The molecule has 1 aromatic rings. The van der Waals surface area contributed by atoms with E-state index >= 15 is 0 Å². The Morgan fingerprint density at radius 2 is 2.13 bits per heavy atom. The maximum absolute atomic E-state index is 12.4. The van der Waals surface area contributed by atoms with Crippen molar-refractivity contribution in [1.29, 1.82) is 0 Å². The lowest BCUT2D eigenvalue weighted by molar-refractivity contribution is -0.131. The highest BCUT2D eigenvalue weighted by Crippen LogP contribution is 2.10. The average Bonchev–Trinajstić information content (AvgIpc) is 3.02. The van der Waals surface area contributed by atoms with Crippen molar-refractivity contribution in [3.05, 3.63) is 18.0 Å². The van der Waals surface area contributed by atoms with E-state index in [-0.39, 0.29) is 18.5 Å². The summed E-state index contributed by atoms with van der Waals surface area (Å²) < 4.78 is 6.67. The van der Waals surface area contributed by atoms with E-state index in [1.165, 1.54) is 10.5 Å². The van der Waals surface area contributed by atoms with Gasteiger partial charge in [-0.2, -0.15) is 5.10 Å². The highest BCUT2D eigenvalue weighted by Gasteiger charge is 2.27. The standard InChI is InChI=1S/C15H23N5O3/c1-17-10-13(9-16-17)11-18-3-2-4-19(6-5-18)14(21)12-20-7-8-23-15(20)22/h9-10H,2-8,11-12H2,1H3. The number of cyclic esters (lactones) is 1. The summed E-state index contributed by atoms with van der Waals surface area (Å²) in [5.74, 6) is 0.00655. The lowest BCUT2D eigenvalue weighted by atomic mass is 10.3. The first-order valence-corrected chi connectivity index (χ1v) is 8.01. The maximum atomic E-state index is 12.4. The summed E-state index contributed by atoms with van der Waals surface area (Å²) in [6, 6.07) is 0. The first-order chi connectivity index (χ1) is 11.1. The van der Waals surface area contributed by atoms with Crippen molar-refractivity contribution in [2.24, 2.45) is 7.05 Å². The quantitative estimate of drug-likeness (QED) is 0.775. The molecule has 3 heterocycles. The number of carbonyl (C=O) groups excluding carboxylic acids is 2. The SMILES string of the molecule is Cn1cc(CN2CCCN(C(=O)CN3CCOC3=O)CC2)cn1. The maximum Gasteiger partial charge on any atom is 0.410 e. The molecule has 0 aliphatic carbocycles. The molecule has 0 bridgehead atoms. The highest BCUT2D eigenvalue weighted by molar-refractivity contribution is 5.82. The van der Waals surface area contributed by atoms with Gasteiger partial charge in [-0.25, -0.2) is 4.79 Å². The van der Waals surface area contributed by atoms with Gasteiger partial charge in [-0.1, -0.05) is 0 Å². The molecule has 0 aromatic carbocycles. The summed E-state index contributed by atoms with van der Waals surface area (Å²) in [5.41, 5.74) is 1.19. The largest absolute Gasteiger partial charge is 0.448 e. The van der Waals surface area contributed by atoms with Gasteiger partial charge in [0, 0.05) is 51.5 Å². The molecule has 0 atom stereocenters. The fraction of sp³-hybridized carbons (Fsp3) is 0.667. The Morgan fingerprint density at radius 1 is 1.26 bits per heavy atom. The minimum absolute atomic E-state index is 0.00655. The Bertz CT molecular complexity index is 573. The molecular weight excluding hydrogens is 298 g/mol. The molecule has 2 aliphatic rings. The predicted molar refractivity (Wildman–Crippen MR) is 82.6 cm³/mol. The van der Waals surface area contributed by atoms with E-state index in [0.717, 1.165) is 32.6 Å². The van der Waals surface area contributed by atoms with Crippen LogP contribution in [0.5, 0.6) is 0 Å². The van der Waals surface area contributed by atoms with Crippen LogP contribution in [0.15, 0.2) is 12.4 Å². The van der Waals surface area contributed by atoms with Crippen LogP contribution in [-0.2, 0) is 23.1 Å². The van der Waals surface area contributed by atoms with Gasteiger partial charge in [0.1, 0.15) is 13.2 Å². The Hall–Kier alpha value is -2.09. The average molecular weight is 321 g/mol. The number of hydrogen-bond donors (Lipinski definition) is 0. The van der Waals surface area contributed by atoms with Gasteiger partial charge in [-0.05, 0) is 6.42 Å². The van der Waals surface area contributed by atoms with Gasteiger partial charge in [0.05, 0.1) is 12.7 Å². The number of carbonyl (C=O) groups is 2. The topological polar surface area (TPSA) is 70.9 Å². The monoisotopic (exact) mass is 321 g/mol. The van der Waals surface area contributed by atoms with Crippen LogP contribution in [0.3, 0.4) is 0 Å². The Kier molecular flexibility index (Phi) is 4.80. The van der Waals surface area contributed by atoms with Crippen LogP contribution in [0.4, 0.5) is 4.79 Å². The van der Waals surface area contributed by atoms with Gasteiger partial charge in [-0.3, -0.25) is 19.3 Å². The summed E-state index contributed by atoms with van der Waals surface area (Å²) >= 11 is 0. The molecule has 8 nitrogen and oxygen atoms in total. The molecule has 2 aliphatic heterocycles. The Balaban J connectivity index is 1.49. The molecule has 23 heavy (non-hydrogen) atoms. The Morgan fingerprint density at radius 3 is 2.83 bits per heavy atom. The molecule has 3 rings (SSSR count). The number of rotatable bonds is 4. The zero-order chi connectivity index (χ0) is 16.2. The zero-order valence-corrected chi connectivity index (χ0v) is 13.5. The van der Waals surface area contributed by atoms with E-state index in [2.05, 4.69) is 10.00 Å². The zero-order valence-electron chi connectivity index (χ0n) is 13.5. The van der Waals surface area contributed by atoms with E-state index < -0.39 is 0 Å². The fourth-order valence-electron chi connectivity index (χ4n) is 3.02. The van der Waals surface area contributed by atoms with Crippen LogP contribution in [0, 0.1) is 0 Å². The van der Waals surface area contributed by atoms with Crippen molar-refractivity contribution in [3.63, 3.8) is 0 Å². The first kappa shape index (κ1) is 15.8. The van der Waals surface area contributed by atoms with Gasteiger partial charge < -0.3 is 9.64 Å². The third-order valence-corrected chi connectivity index (χ3v) is 4.28. The van der Waals surface area contributed by atoms with Crippen LogP contribution in [0.25, 0.3) is 0 Å². The van der Waals surface area contributed by atoms with E-state index in [1.807, 2.05) is 24.3 Å². The first-order valence-electron chi connectivity index (χ1n) is 8.01. The van der Waals surface area contributed by atoms with Crippen molar-refractivity contribution in [2.45, 2.75) is 13.0 Å². The number of aromatic nitrogens is 2. The lowest BCUT2D eigenvalue weighted by Gasteiger charge is -2.23. The molecule has 8 heteroatoms. The van der Waals surface area contributed by atoms with Crippen molar-refractivity contribution in [1.82, 2.24) is 24.5 Å². The van der Waals surface area contributed by atoms with Gasteiger partial charge in [0.25, 0.3) is 0 Å². The van der Waals surface area contributed by atoms with Crippen LogP contribution < -0.4 is 0 Å². The van der Waals surface area contributed by atoms with E-state index in [1.54, 1.807) is 4.68 Å². The molecule has 0 radical (unpaired) electrons. The summed E-state index contributed by atoms with van der Waals surface area (Å²) in [7, 11) is 1.91. The number of hydrogen-bond acceptors (Lipinski definition) is 5. The highest BCUT2D eigenvalue weighted by atomic mass is 16.6. The summed E-state index contributed by atoms with van der Waals surface area (Å²) in [6.45, 7) is 5.11. The smallest absolute Gasteiger partial charge is 0.410 e. The van der Waals surface area contributed by atoms with Gasteiger partial charge >= 0.3 is 6.09 Å². The molecule has 2 saturated heterocycles. The molecule has 1 aromatic heterocycles. The molecule has 0 N–H and O–H groups in total. The van der Waals surface area contributed by atoms with Crippen LogP contribution >= 0.6 is 0 Å². The van der Waals surface area contributed by atoms with Gasteiger partial charge in [-0.15, -0.1) is 0 Å². The van der Waals surface area contributed by atoms with E-state index in [9.17, 15) is 9.59 Å². The number of amides is 2.